The number of hydrogen-bond donors (Lipinski definition) is 0. The van der Waals surface area contributed by atoms with Crippen molar-refractivity contribution in [3.05, 3.63) is 53.1 Å². The van der Waals surface area contributed by atoms with Crippen LogP contribution in [0.25, 0.3) is 10.2 Å². The van der Waals surface area contributed by atoms with Gasteiger partial charge in [0.25, 0.3) is 5.91 Å². The van der Waals surface area contributed by atoms with E-state index in [-0.39, 0.29) is 12.0 Å². The smallest absolute Gasteiger partial charge is 0.260 e. The Bertz CT molecular complexity index is 1030. The number of fused-ring (bicyclic) bond motifs is 1. The Hall–Kier alpha value is -2.19. The van der Waals surface area contributed by atoms with Crippen LogP contribution in [-0.4, -0.2) is 61.3 Å². The summed E-state index contributed by atoms with van der Waals surface area (Å²) in [5.41, 5.74) is 1.33. The van der Waals surface area contributed by atoms with E-state index < -0.39 is 0 Å². The van der Waals surface area contributed by atoms with Crippen LogP contribution in [0.2, 0.25) is 5.02 Å². The number of nitrogens with zero attached hydrogens (tertiary/aromatic N) is 3. The topological polar surface area (TPSA) is 54.9 Å². The normalized spacial score (nSPS) is 14.8. The van der Waals surface area contributed by atoms with E-state index in [0.29, 0.717) is 22.3 Å². The van der Waals surface area contributed by atoms with Crippen molar-refractivity contribution in [2.75, 3.05) is 44.3 Å². The quantitative estimate of drug-likeness (QED) is 0.512. The van der Waals surface area contributed by atoms with Gasteiger partial charge in [-0.05, 0) is 50.2 Å². The average molecular weight is 460 g/mol. The molecule has 0 saturated carbocycles. The van der Waals surface area contributed by atoms with Gasteiger partial charge in [-0.15, -0.1) is 0 Å². The molecule has 0 atom stereocenters. The largest absolute Gasteiger partial charge is 0.491 e. The number of rotatable bonds is 7. The number of halogens is 1. The van der Waals surface area contributed by atoms with Gasteiger partial charge in [0.15, 0.2) is 5.13 Å². The number of anilines is 1. The summed E-state index contributed by atoms with van der Waals surface area (Å²) in [5, 5.41) is 1.25. The second-order valence-electron chi connectivity index (χ2n) is 7.68. The molecule has 1 saturated heterocycles. The summed E-state index contributed by atoms with van der Waals surface area (Å²) >= 11 is 7.82. The molecule has 6 nitrogen and oxygen atoms in total. The van der Waals surface area contributed by atoms with E-state index in [2.05, 4.69) is 4.90 Å². The highest BCUT2D eigenvalue weighted by Gasteiger charge is 2.23. The summed E-state index contributed by atoms with van der Waals surface area (Å²) in [6, 6.07) is 13.0. The molecule has 4 rings (SSSR count). The number of amides is 1. The molecule has 0 radical (unpaired) electrons. The lowest BCUT2D eigenvalue weighted by atomic mass is 10.2. The van der Waals surface area contributed by atoms with Crippen molar-refractivity contribution in [3.63, 3.8) is 0 Å². The lowest BCUT2D eigenvalue weighted by Crippen LogP contribution is -2.43. The van der Waals surface area contributed by atoms with Crippen LogP contribution in [0, 0.1) is 0 Å². The zero-order valence-electron chi connectivity index (χ0n) is 17.7. The summed E-state index contributed by atoms with van der Waals surface area (Å²) in [4.78, 5) is 22.3. The molecule has 0 bridgehead atoms. The van der Waals surface area contributed by atoms with Gasteiger partial charge in [0, 0.05) is 31.7 Å². The van der Waals surface area contributed by atoms with E-state index in [4.69, 9.17) is 26.1 Å². The van der Waals surface area contributed by atoms with Gasteiger partial charge in [-0.1, -0.05) is 29.0 Å². The highest BCUT2D eigenvalue weighted by molar-refractivity contribution is 7.22. The maximum absolute atomic E-state index is 13.5. The Balaban J connectivity index is 1.60. The molecule has 2 aromatic carbocycles. The molecule has 0 spiro atoms. The first-order chi connectivity index (χ1) is 15.0. The summed E-state index contributed by atoms with van der Waals surface area (Å²) in [6.45, 7) is 8.44. The summed E-state index contributed by atoms with van der Waals surface area (Å²) in [7, 11) is 0. The molecule has 0 N–H and O–H groups in total. The van der Waals surface area contributed by atoms with Crippen LogP contribution in [-0.2, 0) is 4.74 Å². The molecular formula is C23H26ClN3O3S. The van der Waals surface area contributed by atoms with Crippen LogP contribution < -0.4 is 9.64 Å². The highest BCUT2D eigenvalue weighted by Crippen LogP contribution is 2.33. The number of ether oxygens (including phenoxy) is 2. The number of para-hydroxylation sites is 1. The predicted octanol–water partition coefficient (Wildman–Crippen LogP) is 4.72. The van der Waals surface area contributed by atoms with E-state index in [9.17, 15) is 4.79 Å². The van der Waals surface area contributed by atoms with Crippen molar-refractivity contribution >= 4 is 44.2 Å². The van der Waals surface area contributed by atoms with Crippen molar-refractivity contribution in [2.24, 2.45) is 0 Å². The first-order valence-electron chi connectivity index (χ1n) is 10.4. The van der Waals surface area contributed by atoms with Gasteiger partial charge < -0.3 is 9.47 Å². The maximum Gasteiger partial charge on any atom is 0.260 e. The van der Waals surface area contributed by atoms with E-state index in [1.807, 2.05) is 56.3 Å². The van der Waals surface area contributed by atoms with Gasteiger partial charge in [0.2, 0.25) is 0 Å². The number of morpholine rings is 1. The van der Waals surface area contributed by atoms with Crippen molar-refractivity contribution in [1.29, 1.82) is 0 Å². The molecule has 3 aromatic rings. The number of hydrogen-bond acceptors (Lipinski definition) is 6. The van der Waals surface area contributed by atoms with Gasteiger partial charge >= 0.3 is 0 Å². The lowest BCUT2D eigenvalue weighted by molar-refractivity contribution is 0.0391. The monoisotopic (exact) mass is 459 g/mol. The van der Waals surface area contributed by atoms with Crippen LogP contribution in [0.5, 0.6) is 5.75 Å². The first kappa shape index (κ1) is 22.0. The Morgan fingerprint density at radius 1 is 1.23 bits per heavy atom. The molecule has 2 heterocycles. The average Bonchev–Trinajstić information content (AvgIpc) is 3.20. The Morgan fingerprint density at radius 3 is 2.65 bits per heavy atom. The molecule has 0 aliphatic carbocycles. The molecule has 1 aliphatic rings. The minimum atomic E-state index is -0.0838. The Labute approximate surface area is 191 Å². The molecule has 0 unspecified atom stereocenters. The van der Waals surface area contributed by atoms with Gasteiger partial charge in [-0.25, -0.2) is 4.98 Å². The first-order valence-corrected chi connectivity index (χ1v) is 11.6. The number of benzene rings is 2. The molecule has 1 aliphatic heterocycles. The number of carbonyl (C=O) groups is 1. The fourth-order valence-corrected chi connectivity index (χ4v) is 4.76. The molecular weight excluding hydrogens is 434 g/mol. The summed E-state index contributed by atoms with van der Waals surface area (Å²) < 4.78 is 12.1. The highest BCUT2D eigenvalue weighted by atomic mass is 35.5. The van der Waals surface area contributed by atoms with Crippen LogP contribution in [0.3, 0.4) is 0 Å². The maximum atomic E-state index is 13.5. The zero-order chi connectivity index (χ0) is 21.8. The molecule has 1 amide bonds. The molecule has 1 aromatic heterocycles. The van der Waals surface area contributed by atoms with E-state index in [0.717, 1.165) is 48.8 Å². The second-order valence-corrected chi connectivity index (χ2v) is 9.10. The zero-order valence-corrected chi connectivity index (χ0v) is 19.3. The summed E-state index contributed by atoms with van der Waals surface area (Å²) in [6.07, 6.45) is 0.0825. The standard InChI is InChI=1S/C23H26ClN3O3S/c1-16(2)30-18-8-6-17(7-9-18)22(28)27(11-10-26-12-14-29-15-13-26)23-25-21-19(24)4-3-5-20(21)31-23/h3-9,16H,10-15H2,1-2H3. The lowest BCUT2D eigenvalue weighted by Gasteiger charge is -2.29. The van der Waals surface area contributed by atoms with Gasteiger partial charge in [0.1, 0.15) is 11.3 Å². The fraction of sp³-hybridized carbons (Fsp3) is 0.391. The van der Waals surface area contributed by atoms with Gasteiger partial charge in [-0.3, -0.25) is 14.6 Å². The minimum absolute atomic E-state index is 0.0825. The van der Waals surface area contributed by atoms with Crippen LogP contribution >= 0.6 is 22.9 Å². The Morgan fingerprint density at radius 2 is 1.97 bits per heavy atom. The van der Waals surface area contributed by atoms with Gasteiger partial charge in [-0.2, -0.15) is 0 Å². The molecule has 1 fully saturated rings. The molecule has 8 heteroatoms. The minimum Gasteiger partial charge on any atom is -0.491 e. The van der Waals surface area contributed by atoms with Crippen molar-refractivity contribution in [1.82, 2.24) is 9.88 Å². The third-order valence-electron chi connectivity index (χ3n) is 5.05. The van der Waals surface area contributed by atoms with Crippen molar-refractivity contribution < 1.29 is 14.3 Å². The van der Waals surface area contributed by atoms with E-state index >= 15 is 0 Å². The molecule has 164 valence electrons. The predicted molar refractivity (Wildman–Crippen MR) is 126 cm³/mol. The fourth-order valence-electron chi connectivity index (χ4n) is 3.47. The molecule has 31 heavy (non-hydrogen) atoms. The number of aromatic nitrogens is 1. The van der Waals surface area contributed by atoms with Crippen LogP contribution in [0.1, 0.15) is 24.2 Å². The Kier molecular flexibility index (Phi) is 7.07. The second kappa shape index (κ2) is 9.96. The van der Waals surface area contributed by atoms with Crippen LogP contribution in [0.4, 0.5) is 5.13 Å². The van der Waals surface area contributed by atoms with Gasteiger partial charge in [0.05, 0.1) is 29.0 Å². The van der Waals surface area contributed by atoms with Crippen molar-refractivity contribution in [3.8, 4) is 5.75 Å². The number of carbonyl (C=O) groups excluding carboxylic acids is 1. The van der Waals surface area contributed by atoms with Crippen molar-refractivity contribution in [2.45, 2.75) is 20.0 Å². The third-order valence-corrected chi connectivity index (χ3v) is 6.40. The number of thiazole rings is 1. The van der Waals surface area contributed by atoms with E-state index in [1.165, 1.54) is 11.3 Å². The third kappa shape index (κ3) is 5.36. The van der Waals surface area contributed by atoms with Crippen LogP contribution in [0.15, 0.2) is 42.5 Å². The van der Waals surface area contributed by atoms with E-state index in [1.54, 1.807) is 4.90 Å². The summed E-state index contributed by atoms with van der Waals surface area (Å²) in [5.74, 6) is 0.665. The SMILES string of the molecule is CC(C)Oc1ccc(C(=O)N(CCN2CCOCC2)c2nc3c(Cl)cccc3s2)cc1.